The van der Waals surface area contributed by atoms with Crippen LogP contribution in [-0.2, 0) is 4.74 Å². The third-order valence-corrected chi connectivity index (χ3v) is 6.98. The summed E-state index contributed by atoms with van der Waals surface area (Å²) in [6.45, 7) is 4.97. The highest BCUT2D eigenvalue weighted by Crippen LogP contribution is 2.40. The average Bonchev–Trinajstić information content (AvgIpc) is 2.85. The van der Waals surface area contributed by atoms with Crippen LogP contribution in [0.4, 0.5) is 11.4 Å². The highest BCUT2D eigenvalue weighted by Gasteiger charge is 2.44. The van der Waals surface area contributed by atoms with Crippen molar-refractivity contribution in [2.75, 3.05) is 44.3 Å². The van der Waals surface area contributed by atoms with Crippen molar-refractivity contribution in [1.82, 2.24) is 4.90 Å². The molecule has 0 radical (unpaired) electrons. The highest BCUT2D eigenvalue weighted by molar-refractivity contribution is 6.00. The Balaban J connectivity index is 1.30. The first kappa shape index (κ1) is 22.3. The summed E-state index contributed by atoms with van der Waals surface area (Å²) in [5.74, 6) is 0.430. The largest absolute Gasteiger partial charge is 0.486 e. The van der Waals surface area contributed by atoms with Crippen LogP contribution < -0.4 is 9.64 Å². The van der Waals surface area contributed by atoms with Gasteiger partial charge in [-0.2, -0.15) is 0 Å². The number of ether oxygens (including phenoxy) is 2. The molecule has 0 bridgehead atoms. The third kappa shape index (κ3) is 4.11. The minimum absolute atomic E-state index is 0.0686. The lowest BCUT2D eigenvalue weighted by Gasteiger charge is -2.44. The molecular weight excluding hydrogens is 438 g/mol. The van der Waals surface area contributed by atoms with Crippen molar-refractivity contribution in [3.8, 4) is 5.75 Å². The second-order valence-electron chi connectivity index (χ2n) is 9.24. The molecule has 34 heavy (non-hydrogen) atoms. The van der Waals surface area contributed by atoms with Crippen molar-refractivity contribution in [2.24, 2.45) is 0 Å². The molecule has 1 amide bonds. The van der Waals surface area contributed by atoms with Gasteiger partial charge in [0.1, 0.15) is 17.0 Å². The van der Waals surface area contributed by atoms with E-state index in [2.05, 4.69) is 0 Å². The molecule has 2 saturated heterocycles. The monoisotopic (exact) mass is 465 g/mol. The number of aryl methyl sites for hydroxylation is 1. The van der Waals surface area contributed by atoms with Crippen LogP contribution in [0.1, 0.15) is 45.5 Å². The zero-order valence-electron chi connectivity index (χ0n) is 19.1. The Morgan fingerprint density at radius 2 is 1.79 bits per heavy atom. The number of fused-ring (bicyclic) bond motifs is 1. The number of likely N-dealkylation sites (tertiary alicyclic amines) is 1. The molecule has 0 aliphatic carbocycles. The summed E-state index contributed by atoms with van der Waals surface area (Å²) in [5, 5.41) is 11.7. The normalized spacial score (nSPS) is 19.5. The lowest BCUT2D eigenvalue weighted by molar-refractivity contribution is -0.384. The summed E-state index contributed by atoms with van der Waals surface area (Å²) in [6, 6.07) is 10.3. The fourth-order valence-electron chi connectivity index (χ4n) is 5.06. The van der Waals surface area contributed by atoms with Crippen molar-refractivity contribution < 1.29 is 24.0 Å². The molecule has 0 saturated carbocycles. The molecule has 178 valence electrons. The first-order chi connectivity index (χ1) is 16.3. The number of Topliss-reactive ketones (excluding diaryl/α,β-unsaturated/α-hetero) is 1. The SMILES string of the molecule is Cc1ccc2c(c1)C(=O)CC1(CCN(C(=O)c3ccc(N4CCOCC4)c([N+](=O)[O-])c3)CC1)O2. The predicted molar refractivity (Wildman–Crippen MR) is 125 cm³/mol. The molecule has 5 rings (SSSR count). The topological polar surface area (TPSA) is 102 Å². The Kier molecular flexibility index (Phi) is 5.73. The van der Waals surface area contributed by atoms with Crippen LogP contribution >= 0.6 is 0 Å². The molecule has 0 unspecified atom stereocenters. The van der Waals surface area contributed by atoms with Gasteiger partial charge in [0.2, 0.25) is 0 Å². The van der Waals surface area contributed by atoms with Gasteiger partial charge in [-0.15, -0.1) is 0 Å². The van der Waals surface area contributed by atoms with E-state index in [1.165, 1.54) is 6.07 Å². The minimum Gasteiger partial charge on any atom is -0.486 e. The number of hydrogen-bond acceptors (Lipinski definition) is 7. The van der Waals surface area contributed by atoms with Gasteiger partial charge in [0.15, 0.2) is 5.78 Å². The van der Waals surface area contributed by atoms with E-state index in [9.17, 15) is 19.7 Å². The number of carbonyl (C=O) groups is 2. The summed E-state index contributed by atoms with van der Waals surface area (Å²) in [6.07, 6.45) is 1.36. The lowest BCUT2D eigenvalue weighted by Crippen LogP contribution is -2.52. The molecule has 1 spiro atoms. The molecule has 2 aromatic rings. The van der Waals surface area contributed by atoms with E-state index in [4.69, 9.17) is 9.47 Å². The quantitative estimate of drug-likeness (QED) is 0.506. The molecule has 9 nitrogen and oxygen atoms in total. The molecule has 3 aliphatic rings. The molecule has 3 aliphatic heterocycles. The summed E-state index contributed by atoms with van der Waals surface area (Å²) in [5.41, 5.74) is 1.75. The molecule has 3 heterocycles. The highest BCUT2D eigenvalue weighted by atomic mass is 16.6. The van der Waals surface area contributed by atoms with Crippen LogP contribution in [0.15, 0.2) is 36.4 Å². The fourth-order valence-corrected chi connectivity index (χ4v) is 5.06. The van der Waals surface area contributed by atoms with Crippen LogP contribution in [0.2, 0.25) is 0 Å². The number of amides is 1. The third-order valence-electron chi connectivity index (χ3n) is 6.98. The number of nitro benzene ring substituents is 1. The van der Waals surface area contributed by atoms with Crippen molar-refractivity contribution in [1.29, 1.82) is 0 Å². The lowest BCUT2D eigenvalue weighted by atomic mass is 9.82. The Hall–Kier alpha value is -3.46. The Labute approximate surface area is 197 Å². The van der Waals surface area contributed by atoms with Gasteiger partial charge in [0.05, 0.1) is 30.1 Å². The van der Waals surface area contributed by atoms with E-state index >= 15 is 0 Å². The summed E-state index contributed by atoms with van der Waals surface area (Å²) < 4.78 is 11.6. The standard InChI is InChI=1S/C25H27N3O6/c1-17-2-5-23-19(14-17)22(29)16-25(34-23)6-8-27(9-7-25)24(30)18-3-4-20(21(15-18)28(31)32)26-10-12-33-13-11-26/h2-5,14-15H,6-13,16H2,1H3. The number of morpholine rings is 1. The minimum atomic E-state index is -0.609. The number of anilines is 1. The summed E-state index contributed by atoms with van der Waals surface area (Å²) in [7, 11) is 0. The zero-order valence-corrected chi connectivity index (χ0v) is 19.1. The second-order valence-corrected chi connectivity index (χ2v) is 9.24. The van der Waals surface area contributed by atoms with Gasteiger partial charge in [-0.1, -0.05) is 11.6 Å². The number of hydrogen-bond donors (Lipinski definition) is 0. The van der Waals surface area contributed by atoms with Crippen molar-refractivity contribution in [3.05, 3.63) is 63.2 Å². The number of carbonyl (C=O) groups excluding carboxylic acids is 2. The number of piperidine rings is 1. The van der Waals surface area contributed by atoms with Crippen LogP contribution in [0, 0.1) is 17.0 Å². The summed E-state index contributed by atoms with van der Waals surface area (Å²) in [4.78, 5) is 40.9. The number of ketones is 1. The second kappa shape index (κ2) is 8.72. The Morgan fingerprint density at radius 1 is 1.06 bits per heavy atom. The van der Waals surface area contributed by atoms with Crippen molar-refractivity contribution >= 4 is 23.1 Å². The molecule has 0 aromatic heterocycles. The molecule has 0 N–H and O–H groups in total. The van der Waals surface area contributed by atoms with Gasteiger partial charge < -0.3 is 19.3 Å². The molecule has 2 aromatic carbocycles. The smallest absolute Gasteiger partial charge is 0.293 e. The molecule has 2 fully saturated rings. The van der Waals surface area contributed by atoms with E-state index in [-0.39, 0.29) is 17.4 Å². The number of nitrogens with zero attached hydrogens (tertiary/aromatic N) is 3. The Bertz CT molecular complexity index is 1150. The van der Waals surface area contributed by atoms with E-state index in [0.717, 1.165) is 5.56 Å². The van der Waals surface area contributed by atoms with E-state index in [1.54, 1.807) is 17.0 Å². The van der Waals surface area contributed by atoms with E-state index in [0.29, 0.717) is 81.2 Å². The zero-order chi connectivity index (χ0) is 23.9. The van der Waals surface area contributed by atoms with Gasteiger partial charge in [0.25, 0.3) is 11.6 Å². The first-order valence-corrected chi connectivity index (χ1v) is 11.6. The van der Waals surface area contributed by atoms with E-state index < -0.39 is 10.5 Å². The van der Waals surface area contributed by atoms with Crippen LogP contribution in [0.3, 0.4) is 0 Å². The molecular formula is C25H27N3O6. The number of benzene rings is 2. The molecule has 9 heteroatoms. The fraction of sp³-hybridized carbons (Fsp3) is 0.440. The van der Waals surface area contributed by atoms with Gasteiger partial charge in [-0.3, -0.25) is 19.7 Å². The van der Waals surface area contributed by atoms with Crippen LogP contribution in [-0.4, -0.2) is 66.5 Å². The maximum atomic E-state index is 13.2. The van der Waals surface area contributed by atoms with Crippen LogP contribution in [0.5, 0.6) is 5.75 Å². The average molecular weight is 466 g/mol. The maximum Gasteiger partial charge on any atom is 0.293 e. The predicted octanol–water partition coefficient (Wildman–Crippen LogP) is 3.38. The van der Waals surface area contributed by atoms with Crippen molar-refractivity contribution in [2.45, 2.75) is 31.8 Å². The van der Waals surface area contributed by atoms with Gasteiger partial charge >= 0.3 is 0 Å². The number of rotatable bonds is 3. The molecule has 0 atom stereocenters. The maximum absolute atomic E-state index is 13.2. The summed E-state index contributed by atoms with van der Waals surface area (Å²) >= 11 is 0. The van der Waals surface area contributed by atoms with Gasteiger partial charge in [-0.05, 0) is 31.2 Å². The van der Waals surface area contributed by atoms with Crippen LogP contribution in [0.25, 0.3) is 0 Å². The van der Waals surface area contributed by atoms with Crippen molar-refractivity contribution in [3.63, 3.8) is 0 Å². The number of nitro groups is 1. The van der Waals surface area contributed by atoms with E-state index in [1.807, 2.05) is 30.0 Å². The Morgan fingerprint density at radius 3 is 2.50 bits per heavy atom. The van der Waals surface area contributed by atoms with Gasteiger partial charge in [-0.25, -0.2) is 0 Å². The van der Waals surface area contributed by atoms with Gasteiger partial charge in [0, 0.05) is 50.7 Å². The first-order valence-electron chi connectivity index (χ1n) is 11.6.